The number of rotatable bonds is 9. The predicted molar refractivity (Wildman–Crippen MR) is 114 cm³/mol. The number of benzene rings is 1. The zero-order valence-electron chi connectivity index (χ0n) is 16.8. The highest BCUT2D eigenvalue weighted by atomic mass is 32.2. The first-order chi connectivity index (χ1) is 15.6. The third-order valence-corrected chi connectivity index (χ3v) is 6.54. The number of aromatic nitrogens is 5. The van der Waals surface area contributed by atoms with Crippen molar-refractivity contribution < 1.29 is 22.8 Å². The number of thioether (sulfide) groups is 1. The summed E-state index contributed by atoms with van der Waals surface area (Å²) in [5.41, 5.74) is 0.560. The molecule has 0 radical (unpaired) electrons. The van der Waals surface area contributed by atoms with Gasteiger partial charge in [-0.25, -0.2) is 0 Å². The molecule has 8 nitrogen and oxygen atoms in total. The van der Waals surface area contributed by atoms with Gasteiger partial charge in [0.2, 0.25) is 11.7 Å². The molecule has 1 fully saturated rings. The maximum atomic E-state index is 12.5. The van der Waals surface area contributed by atoms with E-state index in [-0.39, 0.29) is 11.5 Å². The van der Waals surface area contributed by atoms with Crippen LogP contribution in [0.25, 0.3) is 22.1 Å². The number of halogens is 2. The largest absolute Gasteiger partial charge is 0.493 e. The van der Waals surface area contributed by atoms with E-state index in [2.05, 4.69) is 29.6 Å². The van der Waals surface area contributed by atoms with Crippen molar-refractivity contribution in [3.8, 4) is 33.6 Å². The van der Waals surface area contributed by atoms with Crippen molar-refractivity contribution in [2.45, 2.75) is 36.4 Å². The van der Waals surface area contributed by atoms with Crippen molar-refractivity contribution in [2.24, 2.45) is 0 Å². The Hall–Kier alpha value is -2.99. The lowest BCUT2D eigenvalue weighted by atomic mass is 10.2. The lowest BCUT2D eigenvalue weighted by Crippen LogP contribution is -2.03. The molecule has 3 heterocycles. The van der Waals surface area contributed by atoms with Crippen LogP contribution >= 0.6 is 23.1 Å². The Morgan fingerprint density at radius 1 is 1.25 bits per heavy atom. The Morgan fingerprint density at radius 3 is 2.84 bits per heavy atom. The summed E-state index contributed by atoms with van der Waals surface area (Å²) >= 11 is 3.12. The van der Waals surface area contributed by atoms with Crippen molar-refractivity contribution in [1.82, 2.24) is 24.9 Å². The van der Waals surface area contributed by atoms with E-state index in [9.17, 15) is 8.78 Å². The Balaban J connectivity index is 1.32. The highest BCUT2D eigenvalue weighted by Gasteiger charge is 2.30. The summed E-state index contributed by atoms with van der Waals surface area (Å²) in [5.74, 6) is 2.14. The topological polar surface area (TPSA) is 88.1 Å². The smallest absolute Gasteiger partial charge is 0.387 e. The predicted octanol–water partition coefficient (Wildman–Crippen LogP) is 5.29. The van der Waals surface area contributed by atoms with Crippen molar-refractivity contribution >= 4 is 23.1 Å². The average Bonchev–Trinajstić information content (AvgIpc) is 3.19. The van der Waals surface area contributed by atoms with E-state index < -0.39 is 6.61 Å². The molecule has 0 aliphatic heterocycles. The SMILES string of the molecule is COc1cc(-c2noc(CSc3nnc(-c4cccs4)n3C3CC3)n2)ccc1OC(F)F. The average molecular weight is 478 g/mol. The quantitative estimate of drug-likeness (QED) is 0.300. The van der Waals surface area contributed by atoms with Crippen molar-refractivity contribution in [2.75, 3.05) is 7.11 Å². The van der Waals surface area contributed by atoms with Crippen LogP contribution in [0.2, 0.25) is 0 Å². The number of alkyl halides is 2. The van der Waals surface area contributed by atoms with E-state index in [0.717, 1.165) is 28.7 Å². The van der Waals surface area contributed by atoms with Gasteiger partial charge in [-0.2, -0.15) is 13.8 Å². The van der Waals surface area contributed by atoms with Crippen LogP contribution in [0.15, 0.2) is 45.4 Å². The van der Waals surface area contributed by atoms with Crippen LogP contribution in [-0.2, 0) is 5.75 Å². The van der Waals surface area contributed by atoms with E-state index in [4.69, 9.17) is 9.26 Å². The molecule has 0 bridgehead atoms. The number of methoxy groups -OCH3 is 1. The summed E-state index contributed by atoms with van der Waals surface area (Å²) in [7, 11) is 1.37. The highest BCUT2D eigenvalue weighted by Crippen LogP contribution is 2.42. The minimum atomic E-state index is -2.94. The summed E-state index contributed by atoms with van der Waals surface area (Å²) in [6.07, 6.45) is 2.23. The van der Waals surface area contributed by atoms with E-state index in [1.807, 2.05) is 17.5 Å². The second-order valence-corrected chi connectivity index (χ2v) is 8.82. The van der Waals surface area contributed by atoms with Gasteiger partial charge in [-0.15, -0.1) is 21.5 Å². The van der Waals surface area contributed by atoms with Gasteiger partial charge in [0.15, 0.2) is 22.5 Å². The fourth-order valence-electron chi connectivity index (χ4n) is 3.17. The van der Waals surface area contributed by atoms with Crippen LogP contribution in [0.5, 0.6) is 11.5 Å². The first kappa shape index (κ1) is 20.9. The fourth-order valence-corrected chi connectivity index (χ4v) is 4.72. The first-order valence-corrected chi connectivity index (χ1v) is 11.6. The maximum Gasteiger partial charge on any atom is 0.387 e. The maximum absolute atomic E-state index is 12.5. The zero-order chi connectivity index (χ0) is 22.1. The molecule has 0 amide bonds. The van der Waals surface area contributed by atoms with Crippen molar-refractivity contribution in [1.29, 1.82) is 0 Å². The second-order valence-electron chi connectivity index (χ2n) is 6.93. The Labute approximate surface area is 189 Å². The Bertz CT molecular complexity index is 1210. The molecule has 1 aliphatic carbocycles. The number of nitrogens with zero attached hydrogens (tertiary/aromatic N) is 5. The molecule has 4 aromatic rings. The third-order valence-electron chi connectivity index (χ3n) is 4.75. The molecule has 0 spiro atoms. The van der Waals surface area contributed by atoms with E-state index in [1.165, 1.54) is 31.0 Å². The summed E-state index contributed by atoms with van der Waals surface area (Å²) in [4.78, 5) is 5.50. The lowest BCUT2D eigenvalue weighted by molar-refractivity contribution is -0.0512. The van der Waals surface area contributed by atoms with Gasteiger partial charge < -0.3 is 14.0 Å². The van der Waals surface area contributed by atoms with Crippen LogP contribution < -0.4 is 9.47 Å². The molecule has 5 rings (SSSR count). The normalized spacial score (nSPS) is 13.6. The second kappa shape index (κ2) is 8.87. The molecule has 0 saturated heterocycles. The summed E-state index contributed by atoms with van der Waals surface area (Å²) in [5, 5.41) is 15.6. The molecular formula is C20H17F2N5O3S2. The number of hydrogen-bond acceptors (Lipinski definition) is 9. The van der Waals surface area contributed by atoms with Gasteiger partial charge in [0.1, 0.15) is 0 Å². The summed E-state index contributed by atoms with van der Waals surface area (Å²) in [6, 6.07) is 8.94. The molecule has 0 unspecified atom stereocenters. The van der Waals surface area contributed by atoms with Gasteiger partial charge >= 0.3 is 6.61 Å². The lowest BCUT2D eigenvalue weighted by Gasteiger charge is -2.10. The molecule has 0 atom stereocenters. The molecule has 1 saturated carbocycles. The minimum absolute atomic E-state index is 0.0634. The first-order valence-electron chi connectivity index (χ1n) is 9.69. The van der Waals surface area contributed by atoms with Crippen LogP contribution in [0.3, 0.4) is 0 Å². The van der Waals surface area contributed by atoms with Gasteiger partial charge in [-0.1, -0.05) is 23.0 Å². The minimum Gasteiger partial charge on any atom is -0.493 e. The van der Waals surface area contributed by atoms with Crippen LogP contribution in [0, 0.1) is 0 Å². The van der Waals surface area contributed by atoms with E-state index in [0.29, 0.717) is 29.1 Å². The fraction of sp³-hybridized carbons (Fsp3) is 0.300. The van der Waals surface area contributed by atoms with Crippen molar-refractivity contribution in [3.63, 3.8) is 0 Å². The molecule has 1 aliphatic rings. The van der Waals surface area contributed by atoms with Gasteiger partial charge in [-0.05, 0) is 42.5 Å². The molecule has 12 heteroatoms. The highest BCUT2D eigenvalue weighted by molar-refractivity contribution is 7.98. The monoisotopic (exact) mass is 477 g/mol. The van der Waals surface area contributed by atoms with Crippen LogP contribution in [0.1, 0.15) is 24.8 Å². The van der Waals surface area contributed by atoms with Gasteiger partial charge in [0.05, 0.1) is 17.7 Å². The molecular weight excluding hydrogens is 460 g/mol. The van der Waals surface area contributed by atoms with Gasteiger partial charge in [-0.3, -0.25) is 4.57 Å². The number of thiophene rings is 1. The zero-order valence-corrected chi connectivity index (χ0v) is 18.4. The number of ether oxygens (including phenoxy) is 2. The van der Waals surface area contributed by atoms with E-state index in [1.54, 1.807) is 17.4 Å². The van der Waals surface area contributed by atoms with Gasteiger partial charge in [0.25, 0.3) is 0 Å². The molecule has 166 valence electrons. The summed E-state index contributed by atoms with van der Waals surface area (Å²) in [6.45, 7) is -2.94. The molecule has 3 aromatic heterocycles. The number of hydrogen-bond donors (Lipinski definition) is 0. The summed E-state index contributed by atoms with van der Waals surface area (Å²) < 4.78 is 42.2. The van der Waals surface area contributed by atoms with Crippen LogP contribution in [0.4, 0.5) is 8.78 Å². The molecule has 32 heavy (non-hydrogen) atoms. The Morgan fingerprint density at radius 2 is 2.12 bits per heavy atom. The third kappa shape index (κ3) is 4.32. The van der Waals surface area contributed by atoms with E-state index >= 15 is 0 Å². The standard InChI is InChI=1S/C20H17F2N5O3S2/c1-28-14-9-11(4-7-13(14)29-19(21)22)17-23-16(30-26-17)10-32-20-25-24-18(15-3-2-8-31-15)27(20)12-5-6-12/h2-4,7-9,12,19H,5-6,10H2,1H3. The molecule has 1 aromatic carbocycles. The van der Waals surface area contributed by atoms with Crippen LogP contribution in [-0.4, -0.2) is 38.6 Å². The van der Waals surface area contributed by atoms with Crippen molar-refractivity contribution in [3.05, 3.63) is 41.6 Å². The van der Waals surface area contributed by atoms with Gasteiger partial charge in [0, 0.05) is 11.6 Å². The molecule has 0 N–H and O–H groups in total. The Kier molecular flexibility index (Phi) is 5.79.